The van der Waals surface area contributed by atoms with E-state index < -0.39 is 6.04 Å². The van der Waals surface area contributed by atoms with Gasteiger partial charge in [-0.05, 0) is 77.4 Å². The van der Waals surface area contributed by atoms with Gasteiger partial charge in [0.2, 0.25) is 0 Å². The number of benzene rings is 3. The minimum atomic E-state index is -0.447. The van der Waals surface area contributed by atoms with E-state index in [0.717, 1.165) is 39.7 Å². The molecule has 0 fully saturated rings. The Labute approximate surface area is 209 Å². The van der Waals surface area contributed by atoms with Gasteiger partial charge in [-0.1, -0.05) is 60.7 Å². The van der Waals surface area contributed by atoms with Gasteiger partial charge in [-0.2, -0.15) is 0 Å². The van der Waals surface area contributed by atoms with Crippen LogP contribution < -0.4 is 10.5 Å². The summed E-state index contributed by atoms with van der Waals surface area (Å²) in [5.41, 5.74) is 7.10. The molecule has 36 heavy (non-hydrogen) atoms. The van der Waals surface area contributed by atoms with E-state index in [-0.39, 0.29) is 11.6 Å². The van der Waals surface area contributed by atoms with Crippen molar-refractivity contribution in [1.29, 1.82) is 0 Å². The van der Waals surface area contributed by atoms with Gasteiger partial charge in [-0.25, -0.2) is 4.68 Å². The van der Waals surface area contributed by atoms with Gasteiger partial charge in [0.25, 0.3) is 5.56 Å². The average molecular weight is 477 g/mol. The smallest absolute Gasteiger partial charge is 0.254 e. The molecule has 0 amide bonds. The molecule has 0 unspecified atom stereocenters. The second-order valence-corrected chi connectivity index (χ2v) is 9.70. The molecule has 0 spiro atoms. The quantitative estimate of drug-likeness (QED) is 0.397. The Morgan fingerprint density at radius 2 is 1.81 bits per heavy atom. The van der Waals surface area contributed by atoms with Crippen LogP contribution in [-0.2, 0) is 13.0 Å². The molecule has 7 heteroatoms. The molecule has 6 rings (SSSR count). The van der Waals surface area contributed by atoms with Gasteiger partial charge in [0.1, 0.15) is 6.04 Å². The molecule has 2 aromatic heterocycles. The molecule has 3 heterocycles. The summed E-state index contributed by atoms with van der Waals surface area (Å²) in [5, 5.41) is 13.9. The molecular formula is C29H28N6O. The van der Waals surface area contributed by atoms with Gasteiger partial charge in [0.05, 0.1) is 12.1 Å². The molecule has 0 saturated heterocycles. The van der Waals surface area contributed by atoms with Crippen molar-refractivity contribution in [1.82, 2.24) is 25.2 Å². The van der Waals surface area contributed by atoms with Crippen molar-refractivity contribution >= 4 is 16.6 Å². The summed E-state index contributed by atoms with van der Waals surface area (Å²) >= 11 is 0. The first kappa shape index (κ1) is 22.2. The largest absolute Gasteiger partial charge is 0.354 e. The molecule has 2 atom stereocenters. The highest BCUT2D eigenvalue weighted by molar-refractivity contribution is 5.83. The lowest BCUT2D eigenvalue weighted by molar-refractivity contribution is 0.544. The van der Waals surface area contributed by atoms with E-state index in [1.54, 1.807) is 0 Å². The zero-order chi connectivity index (χ0) is 24.8. The SMILES string of the molecule is Cc1ccc2cc([C@H](c3nnnn3Cc3ccccc3)N3c4ccccc4C[C@H]3C)c(=O)[nH]c2c1C. The van der Waals surface area contributed by atoms with Gasteiger partial charge in [-0.3, -0.25) is 4.79 Å². The van der Waals surface area contributed by atoms with Crippen LogP contribution in [0.5, 0.6) is 0 Å². The van der Waals surface area contributed by atoms with Gasteiger partial charge in [0.15, 0.2) is 5.82 Å². The zero-order valence-corrected chi connectivity index (χ0v) is 20.6. The number of aryl methyl sites for hydroxylation is 2. The molecule has 1 N–H and O–H groups in total. The van der Waals surface area contributed by atoms with Crippen LogP contribution in [-0.4, -0.2) is 31.2 Å². The number of tetrazole rings is 1. The van der Waals surface area contributed by atoms with Crippen molar-refractivity contribution in [3.05, 3.63) is 117 Å². The van der Waals surface area contributed by atoms with Crippen LogP contribution in [0.15, 0.2) is 77.6 Å². The average Bonchev–Trinajstić information content (AvgIpc) is 3.47. The summed E-state index contributed by atoms with van der Waals surface area (Å²) in [6.45, 7) is 6.82. The van der Waals surface area contributed by atoms with Crippen molar-refractivity contribution in [2.45, 2.75) is 45.8 Å². The maximum atomic E-state index is 13.7. The van der Waals surface area contributed by atoms with Gasteiger partial charge < -0.3 is 9.88 Å². The van der Waals surface area contributed by atoms with E-state index in [9.17, 15) is 4.79 Å². The summed E-state index contributed by atoms with van der Waals surface area (Å²) in [6.07, 6.45) is 0.900. The Balaban J connectivity index is 1.56. The van der Waals surface area contributed by atoms with E-state index in [1.807, 2.05) is 41.9 Å². The molecule has 180 valence electrons. The fourth-order valence-corrected chi connectivity index (χ4v) is 5.42. The number of hydrogen-bond acceptors (Lipinski definition) is 5. The molecule has 0 saturated carbocycles. The van der Waals surface area contributed by atoms with Crippen molar-refractivity contribution < 1.29 is 0 Å². The highest BCUT2D eigenvalue weighted by Crippen LogP contribution is 2.40. The predicted octanol–water partition coefficient (Wildman–Crippen LogP) is 4.72. The fraction of sp³-hybridized carbons (Fsp3) is 0.241. The standard InChI is InChI=1S/C29H28N6O/c1-18-13-14-23-16-24(29(36)30-26(23)20(18)3)27(35-19(2)15-22-11-7-8-12-25(22)35)28-31-32-33-34(28)17-21-9-5-4-6-10-21/h4-14,16,19,27H,15,17H2,1-3H3,(H,30,36)/t19-,27-/m1/s1. The number of rotatable bonds is 5. The number of aromatic nitrogens is 5. The van der Waals surface area contributed by atoms with Crippen LogP contribution in [0.3, 0.4) is 0 Å². The van der Waals surface area contributed by atoms with Crippen LogP contribution in [0.2, 0.25) is 0 Å². The van der Waals surface area contributed by atoms with Gasteiger partial charge >= 0.3 is 0 Å². The molecule has 1 aliphatic heterocycles. The second kappa shape index (κ2) is 8.75. The Hall–Kier alpha value is -4.26. The Bertz CT molecular complexity index is 1620. The van der Waals surface area contributed by atoms with Crippen LogP contribution in [0, 0.1) is 13.8 Å². The molecular weight excluding hydrogens is 448 g/mol. The first-order valence-corrected chi connectivity index (χ1v) is 12.3. The van der Waals surface area contributed by atoms with E-state index >= 15 is 0 Å². The number of para-hydroxylation sites is 1. The molecule has 7 nitrogen and oxygen atoms in total. The minimum Gasteiger partial charge on any atom is -0.354 e. The Morgan fingerprint density at radius 1 is 1.03 bits per heavy atom. The molecule has 1 aliphatic rings. The van der Waals surface area contributed by atoms with Crippen molar-refractivity contribution in [2.75, 3.05) is 4.90 Å². The Morgan fingerprint density at radius 3 is 2.64 bits per heavy atom. The monoisotopic (exact) mass is 476 g/mol. The summed E-state index contributed by atoms with van der Waals surface area (Å²) in [4.78, 5) is 19.2. The first-order chi connectivity index (χ1) is 17.5. The molecule has 3 aromatic carbocycles. The highest BCUT2D eigenvalue weighted by Gasteiger charge is 2.37. The van der Waals surface area contributed by atoms with E-state index in [2.05, 4.69) is 81.7 Å². The number of anilines is 1. The van der Waals surface area contributed by atoms with Gasteiger partial charge in [0, 0.05) is 17.3 Å². The topological polar surface area (TPSA) is 79.7 Å². The molecule has 0 radical (unpaired) electrons. The lowest BCUT2D eigenvalue weighted by Gasteiger charge is -2.33. The third-order valence-corrected chi connectivity index (χ3v) is 7.39. The number of aromatic amines is 1. The molecule has 5 aromatic rings. The van der Waals surface area contributed by atoms with Crippen LogP contribution in [0.4, 0.5) is 5.69 Å². The lowest BCUT2D eigenvalue weighted by atomic mass is 9.99. The summed E-state index contributed by atoms with van der Waals surface area (Å²) in [7, 11) is 0. The van der Waals surface area contributed by atoms with Crippen LogP contribution in [0.1, 0.15) is 46.6 Å². The number of H-pyrrole nitrogens is 1. The minimum absolute atomic E-state index is 0.118. The number of pyridine rings is 1. The molecule has 0 aliphatic carbocycles. The number of fused-ring (bicyclic) bond motifs is 2. The van der Waals surface area contributed by atoms with E-state index in [4.69, 9.17) is 0 Å². The Kier molecular flexibility index (Phi) is 5.40. The number of hydrogen-bond donors (Lipinski definition) is 1. The lowest BCUT2D eigenvalue weighted by Crippen LogP contribution is -2.39. The summed E-state index contributed by atoms with van der Waals surface area (Å²) in [6, 6.07) is 24.4. The molecule has 0 bridgehead atoms. The first-order valence-electron chi connectivity index (χ1n) is 12.3. The zero-order valence-electron chi connectivity index (χ0n) is 20.6. The predicted molar refractivity (Wildman–Crippen MR) is 141 cm³/mol. The normalized spacial score (nSPS) is 15.9. The summed E-state index contributed by atoms with van der Waals surface area (Å²) in [5.74, 6) is 0.649. The number of nitrogens with zero attached hydrogens (tertiary/aromatic N) is 5. The van der Waals surface area contributed by atoms with E-state index in [0.29, 0.717) is 17.9 Å². The van der Waals surface area contributed by atoms with Crippen LogP contribution in [0.25, 0.3) is 10.9 Å². The van der Waals surface area contributed by atoms with Gasteiger partial charge in [-0.15, -0.1) is 5.10 Å². The van der Waals surface area contributed by atoms with Crippen LogP contribution >= 0.6 is 0 Å². The van der Waals surface area contributed by atoms with Crippen molar-refractivity contribution in [2.24, 2.45) is 0 Å². The fourth-order valence-electron chi connectivity index (χ4n) is 5.42. The third-order valence-electron chi connectivity index (χ3n) is 7.39. The van der Waals surface area contributed by atoms with Crippen molar-refractivity contribution in [3.63, 3.8) is 0 Å². The second-order valence-electron chi connectivity index (χ2n) is 9.70. The van der Waals surface area contributed by atoms with E-state index in [1.165, 1.54) is 5.56 Å². The number of nitrogens with one attached hydrogen (secondary N) is 1. The summed E-state index contributed by atoms with van der Waals surface area (Å²) < 4.78 is 1.82. The third kappa shape index (κ3) is 3.68. The maximum Gasteiger partial charge on any atom is 0.254 e. The maximum absolute atomic E-state index is 13.7. The van der Waals surface area contributed by atoms with Crippen molar-refractivity contribution in [3.8, 4) is 0 Å². The highest BCUT2D eigenvalue weighted by atomic mass is 16.1.